The van der Waals surface area contributed by atoms with E-state index in [0.29, 0.717) is 5.58 Å². The minimum Gasteiger partial charge on any atom is -0.408 e. The molecule has 1 aliphatic rings. The van der Waals surface area contributed by atoms with E-state index in [-0.39, 0.29) is 11.8 Å². The zero-order valence-corrected chi connectivity index (χ0v) is 17.4. The molecule has 1 fully saturated rings. The third-order valence-corrected chi connectivity index (χ3v) is 6.04. The highest BCUT2D eigenvalue weighted by Crippen LogP contribution is 2.29. The van der Waals surface area contributed by atoms with Crippen molar-refractivity contribution in [2.75, 3.05) is 32.1 Å². The van der Waals surface area contributed by atoms with Gasteiger partial charge in [0.15, 0.2) is 5.58 Å². The van der Waals surface area contributed by atoms with Gasteiger partial charge in [-0.15, -0.1) is 0 Å². The monoisotopic (exact) mass is 402 g/mol. The molecule has 0 aliphatic carbocycles. The number of hydrogen-bond donors (Lipinski definition) is 0. The summed E-state index contributed by atoms with van der Waals surface area (Å²) in [5, 5.41) is 1.17. The van der Waals surface area contributed by atoms with E-state index in [1.54, 1.807) is 0 Å². The first-order chi connectivity index (χ1) is 14.6. The van der Waals surface area contributed by atoms with Gasteiger partial charge < -0.3 is 9.32 Å². The second kappa shape index (κ2) is 7.61. The topological polar surface area (TPSA) is 54.5 Å². The van der Waals surface area contributed by atoms with Crippen molar-refractivity contribution in [3.8, 4) is 0 Å². The van der Waals surface area contributed by atoms with Gasteiger partial charge in [0, 0.05) is 50.7 Å². The van der Waals surface area contributed by atoms with E-state index in [2.05, 4.69) is 34.1 Å². The number of hydrogen-bond acceptors (Lipinski definition) is 5. The van der Waals surface area contributed by atoms with Crippen molar-refractivity contribution >= 4 is 27.8 Å². The van der Waals surface area contributed by atoms with Gasteiger partial charge in [-0.1, -0.05) is 30.3 Å². The van der Waals surface area contributed by atoms with Crippen LogP contribution in [0, 0.1) is 0 Å². The molecule has 0 saturated carbocycles. The highest BCUT2D eigenvalue weighted by Gasteiger charge is 2.25. The minimum absolute atomic E-state index is 0.181. The molecule has 1 aliphatic heterocycles. The third kappa shape index (κ3) is 3.37. The molecule has 3 heterocycles. The number of piperidine rings is 1. The number of nitrogens with zero attached hydrogens (tertiary/aromatic N) is 4. The molecule has 30 heavy (non-hydrogen) atoms. The molecular formula is C24H26N4O2. The van der Waals surface area contributed by atoms with Gasteiger partial charge in [-0.05, 0) is 37.1 Å². The first kappa shape index (κ1) is 18.9. The van der Waals surface area contributed by atoms with Gasteiger partial charge in [0.25, 0.3) is 0 Å². The van der Waals surface area contributed by atoms with E-state index < -0.39 is 0 Å². The first-order valence-electron chi connectivity index (χ1n) is 10.5. The summed E-state index contributed by atoms with van der Waals surface area (Å²) in [6.07, 6.45) is 1.86. The molecule has 0 spiro atoms. The maximum atomic E-state index is 12.4. The fraction of sp³-hybridized carbons (Fsp3) is 0.333. The van der Waals surface area contributed by atoms with Crippen LogP contribution in [0.1, 0.15) is 24.4 Å². The molecule has 2 aromatic heterocycles. The van der Waals surface area contributed by atoms with E-state index in [0.717, 1.165) is 49.3 Å². The quantitative estimate of drug-likeness (QED) is 0.516. The van der Waals surface area contributed by atoms with E-state index in [1.165, 1.54) is 10.9 Å². The summed E-state index contributed by atoms with van der Waals surface area (Å²) in [5.74, 6) is 0.774. The van der Waals surface area contributed by atoms with Crippen LogP contribution in [-0.4, -0.2) is 41.6 Å². The van der Waals surface area contributed by atoms with E-state index in [1.807, 2.05) is 49.0 Å². The van der Waals surface area contributed by atoms with Crippen LogP contribution >= 0.6 is 0 Å². The summed E-state index contributed by atoms with van der Waals surface area (Å²) >= 11 is 0. The number of benzene rings is 2. The second-order valence-electron chi connectivity index (χ2n) is 8.27. The number of oxazole rings is 1. The molecular weight excluding hydrogens is 376 g/mol. The number of para-hydroxylation sites is 3. The molecule has 0 atom stereocenters. The molecule has 0 unspecified atom stereocenters. The van der Waals surface area contributed by atoms with Gasteiger partial charge >= 0.3 is 5.76 Å². The fourth-order valence-corrected chi connectivity index (χ4v) is 4.56. The average Bonchev–Trinajstić information content (AvgIpc) is 3.09. The number of rotatable bonds is 4. The largest absolute Gasteiger partial charge is 0.420 e. The van der Waals surface area contributed by atoms with Crippen LogP contribution in [0.5, 0.6) is 0 Å². The Kier molecular flexibility index (Phi) is 4.79. The first-order valence-corrected chi connectivity index (χ1v) is 10.5. The molecule has 4 aromatic rings. The van der Waals surface area contributed by atoms with Crippen molar-refractivity contribution in [3.05, 3.63) is 70.7 Å². The maximum absolute atomic E-state index is 12.4. The second-order valence-corrected chi connectivity index (χ2v) is 8.27. The number of aromatic nitrogens is 2. The van der Waals surface area contributed by atoms with Gasteiger partial charge in [0.2, 0.25) is 0 Å². The molecule has 6 nitrogen and oxygen atoms in total. The fourth-order valence-electron chi connectivity index (χ4n) is 4.56. The average molecular weight is 402 g/mol. The number of likely N-dealkylation sites (tertiary alicyclic amines) is 1. The zero-order valence-electron chi connectivity index (χ0n) is 17.4. The summed E-state index contributed by atoms with van der Waals surface area (Å²) in [6.45, 7) is 2.74. The van der Waals surface area contributed by atoms with Crippen LogP contribution in [-0.2, 0) is 6.54 Å². The van der Waals surface area contributed by atoms with Crippen molar-refractivity contribution in [1.29, 1.82) is 0 Å². The summed E-state index contributed by atoms with van der Waals surface area (Å²) in [6, 6.07) is 18.4. The van der Waals surface area contributed by atoms with E-state index in [4.69, 9.17) is 9.40 Å². The van der Waals surface area contributed by atoms with Crippen molar-refractivity contribution in [2.24, 2.45) is 0 Å². The lowest BCUT2D eigenvalue weighted by Gasteiger charge is -2.33. The molecule has 0 amide bonds. The Hall–Kier alpha value is -3.12. The summed E-state index contributed by atoms with van der Waals surface area (Å²) in [5.41, 5.74) is 3.83. The highest BCUT2D eigenvalue weighted by atomic mass is 16.4. The lowest BCUT2D eigenvalue weighted by Crippen LogP contribution is -2.36. The Bertz CT molecular complexity index is 1250. The zero-order chi connectivity index (χ0) is 20.7. The smallest absolute Gasteiger partial charge is 0.408 e. The van der Waals surface area contributed by atoms with Gasteiger partial charge in [-0.25, -0.2) is 9.78 Å². The molecule has 1 saturated heterocycles. The molecule has 0 N–H and O–H groups in total. The Morgan fingerprint density at radius 2 is 1.80 bits per heavy atom. The van der Waals surface area contributed by atoms with Crippen molar-refractivity contribution < 1.29 is 4.42 Å². The molecule has 154 valence electrons. The normalized spacial score (nSPS) is 15.8. The number of anilines is 1. The lowest BCUT2D eigenvalue weighted by molar-refractivity contribution is 0.177. The van der Waals surface area contributed by atoms with Gasteiger partial charge in [0.1, 0.15) is 5.82 Å². The Morgan fingerprint density at radius 3 is 2.60 bits per heavy atom. The molecule has 5 rings (SSSR count). The Balaban J connectivity index is 1.36. The SMILES string of the molecule is CN(C)c1nc2ccccc2cc1CN1CCC(n2c(=O)oc3ccccc32)CC1. The molecule has 0 radical (unpaired) electrons. The van der Waals surface area contributed by atoms with Crippen LogP contribution in [0.3, 0.4) is 0 Å². The van der Waals surface area contributed by atoms with Crippen molar-refractivity contribution in [1.82, 2.24) is 14.5 Å². The minimum atomic E-state index is -0.247. The van der Waals surface area contributed by atoms with Crippen LogP contribution in [0.15, 0.2) is 63.8 Å². The van der Waals surface area contributed by atoms with Gasteiger partial charge in [0.05, 0.1) is 11.0 Å². The van der Waals surface area contributed by atoms with Crippen molar-refractivity contribution in [3.63, 3.8) is 0 Å². The van der Waals surface area contributed by atoms with E-state index in [9.17, 15) is 4.79 Å². The highest BCUT2D eigenvalue weighted by molar-refractivity contribution is 5.81. The van der Waals surface area contributed by atoms with Gasteiger partial charge in [-0.3, -0.25) is 9.47 Å². The maximum Gasteiger partial charge on any atom is 0.420 e. The number of fused-ring (bicyclic) bond motifs is 2. The van der Waals surface area contributed by atoms with Crippen LogP contribution < -0.4 is 10.7 Å². The summed E-state index contributed by atoms with van der Waals surface area (Å²) in [4.78, 5) is 21.9. The predicted molar refractivity (Wildman–Crippen MR) is 120 cm³/mol. The summed E-state index contributed by atoms with van der Waals surface area (Å²) in [7, 11) is 4.09. The van der Waals surface area contributed by atoms with E-state index >= 15 is 0 Å². The molecule has 0 bridgehead atoms. The van der Waals surface area contributed by atoms with Crippen molar-refractivity contribution in [2.45, 2.75) is 25.4 Å². The lowest BCUT2D eigenvalue weighted by atomic mass is 10.0. The van der Waals surface area contributed by atoms with Crippen LogP contribution in [0.4, 0.5) is 5.82 Å². The Labute approximate surface area is 175 Å². The van der Waals surface area contributed by atoms with Crippen LogP contribution in [0.2, 0.25) is 0 Å². The standard InChI is InChI=1S/C24H26N4O2/c1-26(2)23-18(15-17-7-3-4-8-20(17)25-23)16-27-13-11-19(12-14-27)28-21-9-5-6-10-22(21)30-24(28)29/h3-10,15,19H,11-14,16H2,1-2H3. The van der Waals surface area contributed by atoms with Gasteiger partial charge in [-0.2, -0.15) is 0 Å². The Morgan fingerprint density at radius 1 is 1.07 bits per heavy atom. The third-order valence-electron chi connectivity index (χ3n) is 6.04. The number of pyridine rings is 1. The molecule has 2 aromatic carbocycles. The predicted octanol–water partition coefficient (Wildman–Crippen LogP) is 4.05. The summed E-state index contributed by atoms with van der Waals surface area (Å²) < 4.78 is 7.28. The molecule has 6 heteroatoms. The van der Waals surface area contributed by atoms with Crippen LogP contribution in [0.25, 0.3) is 22.0 Å².